The Bertz CT molecular complexity index is 1260. The van der Waals surface area contributed by atoms with Crippen molar-refractivity contribution >= 4 is 23.6 Å². The summed E-state index contributed by atoms with van der Waals surface area (Å²) in [6.45, 7) is 4.30. The molecule has 3 aromatic carbocycles. The van der Waals surface area contributed by atoms with E-state index in [0.717, 1.165) is 27.1 Å². The van der Waals surface area contributed by atoms with Gasteiger partial charge in [0, 0.05) is 23.1 Å². The second-order valence-electron chi connectivity index (χ2n) is 8.93. The van der Waals surface area contributed by atoms with Crippen LogP contribution in [-0.2, 0) is 20.9 Å². The average molecular weight is 506 g/mol. The lowest BCUT2D eigenvalue weighted by Crippen LogP contribution is -2.42. The molecule has 3 aromatic rings. The van der Waals surface area contributed by atoms with Gasteiger partial charge < -0.3 is 19.1 Å². The van der Waals surface area contributed by atoms with Gasteiger partial charge in [-0.25, -0.2) is 0 Å². The number of thioether (sulfide) groups is 1. The maximum absolute atomic E-state index is 13.7. The smallest absolute Gasteiger partial charge is 0.325 e. The molecule has 0 aromatic heterocycles. The van der Waals surface area contributed by atoms with Crippen LogP contribution < -0.4 is 9.47 Å². The number of carbonyl (C=O) groups is 2. The van der Waals surface area contributed by atoms with E-state index < -0.39 is 16.8 Å². The summed E-state index contributed by atoms with van der Waals surface area (Å²) < 4.78 is 15.2. The van der Waals surface area contributed by atoms with E-state index in [9.17, 15) is 9.59 Å². The van der Waals surface area contributed by atoms with Crippen LogP contribution in [0, 0.1) is 13.8 Å². The quantitative estimate of drug-likeness (QED) is 0.377. The Kier molecular flexibility index (Phi) is 7.59. The minimum atomic E-state index is -1.16. The molecule has 0 saturated carbocycles. The number of rotatable bonds is 8. The number of nitrogens with zero attached hydrogens (tertiary/aromatic N) is 1. The Morgan fingerprint density at radius 3 is 2.36 bits per heavy atom. The van der Waals surface area contributed by atoms with Crippen molar-refractivity contribution in [1.82, 2.24) is 4.90 Å². The molecule has 36 heavy (non-hydrogen) atoms. The van der Waals surface area contributed by atoms with Crippen molar-refractivity contribution in [2.24, 2.45) is 0 Å². The summed E-state index contributed by atoms with van der Waals surface area (Å²) in [5.41, 5.74) is 3.87. The molecule has 1 amide bonds. The van der Waals surface area contributed by atoms with E-state index in [0.29, 0.717) is 11.5 Å². The molecule has 1 unspecified atom stereocenters. The van der Waals surface area contributed by atoms with Crippen molar-refractivity contribution in [2.75, 3.05) is 21.3 Å². The van der Waals surface area contributed by atoms with Gasteiger partial charge in [-0.15, -0.1) is 11.8 Å². The van der Waals surface area contributed by atoms with Gasteiger partial charge in [0.1, 0.15) is 11.5 Å². The van der Waals surface area contributed by atoms with Gasteiger partial charge in [0.2, 0.25) is 5.91 Å². The van der Waals surface area contributed by atoms with E-state index in [-0.39, 0.29) is 18.9 Å². The van der Waals surface area contributed by atoms with Gasteiger partial charge in [-0.3, -0.25) is 9.59 Å². The number of esters is 1. The predicted octanol–water partition coefficient (Wildman–Crippen LogP) is 5.50. The molecule has 0 radical (unpaired) electrons. The zero-order chi connectivity index (χ0) is 25.9. The second-order valence-corrected chi connectivity index (χ2v) is 10.3. The third kappa shape index (κ3) is 4.80. The fourth-order valence-electron chi connectivity index (χ4n) is 4.78. The van der Waals surface area contributed by atoms with E-state index in [1.54, 1.807) is 25.2 Å². The molecular formula is C29H31NO5S. The maximum Gasteiger partial charge on any atom is 0.325 e. The highest BCUT2D eigenvalue weighted by Gasteiger charge is 2.59. The molecule has 0 aliphatic carbocycles. The SMILES string of the molecule is COC(=O)C1(Sc2ccc(C)cc2)CC(=O)N(Cc2ccc(OC)cc2OC)[C@@H]1c1ccccc1C. The Labute approximate surface area is 216 Å². The normalized spacial score (nSPS) is 19.3. The van der Waals surface area contributed by atoms with Gasteiger partial charge in [0.15, 0.2) is 4.75 Å². The fraction of sp³-hybridized carbons (Fsp3) is 0.310. The summed E-state index contributed by atoms with van der Waals surface area (Å²) in [5, 5.41) is 0. The predicted molar refractivity (Wildman–Crippen MR) is 140 cm³/mol. The number of ether oxygens (including phenoxy) is 3. The van der Waals surface area contributed by atoms with Crippen LogP contribution in [0.2, 0.25) is 0 Å². The maximum atomic E-state index is 13.7. The lowest BCUT2D eigenvalue weighted by molar-refractivity contribution is -0.144. The van der Waals surface area contributed by atoms with Crippen LogP contribution in [0.4, 0.5) is 0 Å². The largest absolute Gasteiger partial charge is 0.497 e. The summed E-state index contributed by atoms with van der Waals surface area (Å²) in [6, 6.07) is 20.9. The molecule has 1 fully saturated rings. The molecular weight excluding hydrogens is 474 g/mol. The topological polar surface area (TPSA) is 65.1 Å². The molecule has 6 nitrogen and oxygen atoms in total. The third-order valence-electron chi connectivity index (χ3n) is 6.66. The van der Waals surface area contributed by atoms with Crippen LogP contribution in [-0.4, -0.2) is 42.9 Å². The zero-order valence-corrected chi connectivity index (χ0v) is 22.1. The van der Waals surface area contributed by atoms with Crippen molar-refractivity contribution in [2.45, 2.75) is 42.5 Å². The fourth-order valence-corrected chi connectivity index (χ4v) is 6.20. The highest BCUT2D eigenvalue weighted by Crippen LogP contribution is 2.54. The number of hydrogen-bond acceptors (Lipinski definition) is 6. The molecule has 0 N–H and O–H groups in total. The Hall–Kier alpha value is -3.45. The average Bonchev–Trinajstić information content (AvgIpc) is 3.16. The Balaban J connectivity index is 1.86. The highest BCUT2D eigenvalue weighted by atomic mass is 32.2. The van der Waals surface area contributed by atoms with Crippen LogP contribution >= 0.6 is 11.8 Å². The zero-order valence-electron chi connectivity index (χ0n) is 21.2. The van der Waals surface area contributed by atoms with Crippen molar-refractivity contribution in [3.05, 3.63) is 89.0 Å². The van der Waals surface area contributed by atoms with E-state index in [1.807, 2.05) is 74.5 Å². The molecule has 1 saturated heterocycles. The number of amides is 1. The monoisotopic (exact) mass is 505 g/mol. The van der Waals surface area contributed by atoms with Gasteiger partial charge in [-0.2, -0.15) is 0 Å². The van der Waals surface area contributed by atoms with Crippen molar-refractivity contribution in [1.29, 1.82) is 0 Å². The lowest BCUT2D eigenvalue weighted by Gasteiger charge is -2.36. The van der Waals surface area contributed by atoms with Crippen LogP contribution in [0.15, 0.2) is 71.6 Å². The van der Waals surface area contributed by atoms with Gasteiger partial charge >= 0.3 is 5.97 Å². The molecule has 7 heteroatoms. The Morgan fingerprint density at radius 1 is 1.00 bits per heavy atom. The lowest BCUT2D eigenvalue weighted by atomic mass is 9.89. The second kappa shape index (κ2) is 10.7. The number of hydrogen-bond donors (Lipinski definition) is 0. The summed E-state index contributed by atoms with van der Waals surface area (Å²) in [5.74, 6) is 0.745. The number of likely N-dealkylation sites (tertiary alicyclic amines) is 1. The van der Waals surface area contributed by atoms with Crippen molar-refractivity contribution in [3.63, 3.8) is 0 Å². The minimum Gasteiger partial charge on any atom is -0.497 e. The first-order valence-corrected chi connectivity index (χ1v) is 12.5. The molecule has 1 aliphatic heterocycles. The molecule has 1 heterocycles. The number of carbonyl (C=O) groups excluding carboxylic acids is 2. The first-order chi connectivity index (χ1) is 17.3. The first kappa shape index (κ1) is 25.6. The number of aryl methyl sites for hydroxylation is 2. The van der Waals surface area contributed by atoms with E-state index in [4.69, 9.17) is 14.2 Å². The molecule has 2 atom stereocenters. The molecule has 1 aliphatic rings. The highest BCUT2D eigenvalue weighted by molar-refractivity contribution is 8.01. The van der Waals surface area contributed by atoms with Crippen LogP contribution in [0.1, 0.15) is 34.7 Å². The van der Waals surface area contributed by atoms with Gasteiger partial charge in [0.25, 0.3) is 0 Å². The number of benzene rings is 3. The van der Waals surface area contributed by atoms with Crippen LogP contribution in [0.25, 0.3) is 0 Å². The number of methoxy groups -OCH3 is 3. The van der Waals surface area contributed by atoms with Crippen molar-refractivity contribution < 1.29 is 23.8 Å². The van der Waals surface area contributed by atoms with Gasteiger partial charge in [-0.1, -0.05) is 42.0 Å². The third-order valence-corrected chi connectivity index (χ3v) is 8.06. The van der Waals surface area contributed by atoms with E-state index in [1.165, 1.54) is 18.9 Å². The molecule has 0 spiro atoms. The van der Waals surface area contributed by atoms with Crippen molar-refractivity contribution in [3.8, 4) is 11.5 Å². The van der Waals surface area contributed by atoms with Crippen LogP contribution in [0.5, 0.6) is 11.5 Å². The molecule has 0 bridgehead atoms. The minimum absolute atomic E-state index is 0.0235. The van der Waals surface area contributed by atoms with E-state index in [2.05, 4.69) is 0 Å². The summed E-state index contributed by atoms with van der Waals surface area (Å²) in [6.07, 6.45) is 0.0235. The summed E-state index contributed by atoms with van der Waals surface area (Å²) >= 11 is 1.40. The first-order valence-electron chi connectivity index (χ1n) is 11.7. The van der Waals surface area contributed by atoms with Gasteiger partial charge in [-0.05, 0) is 49.2 Å². The van der Waals surface area contributed by atoms with E-state index >= 15 is 0 Å². The van der Waals surface area contributed by atoms with Gasteiger partial charge in [0.05, 0.1) is 33.8 Å². The molecule has 4 rings (SSSR count). The standard InChI is InChI=1S/C29H31NO5S/c1-19-10-14-23(15-11-19)36-29(28(32)35-5)17-26(31)30(27(29)24-9-7-6-8-20(24)2)18-21-12-13-22(33-3)16-25(21)34-4/h6-16,27H,17-18H2,1-5H3/t27-,29?/m1/s1. The Morgan fingerprint density at radius 2 is 1.72 bits per heavy atom. The van der Waals surface area contributed by atoms with Crippen LogP contribution in [0.3, 0.4) is 0 Å². The molecule has 188 valence electrons. The summed E-state index contributed by atoms with van der Waals surface area (Å²) in [7, 11) is 4.57. The summed E-state index contributed by atoms with van der Waals surface area (Å²) in [4.78, 5) is 30.0.